The average molecular weight is 294 g/mol. The topological polar surface area (TPSA) is 52.6 Å². The number of β-amino-alcohol motifs (C(OH)–C–C–N with tert-alkyl or cyclic N) is 1. The Morgan fingerprint density at radius 3 is 2.95 bits per heavy atom. The number of amides is 1. The van der Waals surface area contributed by atoms with Crippen molar-refractivity contribution in [3.05, 3.63) is 35.0 Å². The minimum atomic E-state index is -0.546. The SMILES string of the molecule is CN(C(=O)c1cc2ccc(F)cc2s1)[C@H]1CNC[C@@H]1O. The van der Waals surface area contributed by atoms with Gasteiger partial charge in [0.1, 0.15) is 5.82 Å². The molecule has 2 aromatic rings. The second kappa shape index (κ2) is 5.12. The Hall–Kier alpha value is -1.50. The summed E-state index contributed by atoms with van der Waals surface area (Å²) in [6.45, 7) is 1.09. The van der Waals surface area contributed by atoms with E-state index in [2.05, 4.69) is 5.32 Å². The van der Waals surface area contributed by atoms with Crippen LogP contribution in [0.3, 0.4) is 0 Å². The number of benzene rings is 1. The molecule has 1 fully saturated rings. The smallest absolute Gasteiger partial charge is 0.264 e. The maximum absolute atomic E-state index is 13.2. The number of carbonyl (C=O) groups is 1. The first-order chi connectivity index (χ1) is 9.56. The van der Waals surface area contributed by atoms with Crippen LogP contribution in [0, 0.1) is 5.82 Å². The molecule has 2 heterocycles. The lowest BCUT2D eigenvalue weighted by atomic mass is 10.2. The molecule has 0 saturated carbocycles. The number of fused-ring (bicyclic) bond motifs is 1. The van der Waals surface area contributed by atoms with Gasteiger partial charge in [0.15, 0.2) is 0 Å². The monoisotopic (exact) mass is 294 g/mol. The molecule has 1 saturated heterocycles. The van der Waals surface area contributed by atoms with Gasteiger partial charge >= 0.3 is 0 Å². The minimum absolute atomic E-state index is 0.139. The number of nitrogens with one attached hydrogen (secondary N) is 1. The number of carbonyl (C=O) groups excluding carboxylic acids is 1. The number of likely N-dealkylation sites (N-methyl/N-ethyl adjacent to an activating group) is 1. The summed E-state index contributed by atoms with van der Waals surface area (Å²) in [4.78, 5) is 14.6. The Morgan fingerprint density at radius 1 is 1.45 bits per heavy atom. The second-order valence-corrected chi connectivity index (χ2v) is 6.09. The highest BCUT2D eigenvalue weighted by molar-refractivity contribution is 7.20. The van der Waals surface area contributed by atoms with Crippen LogP contribution in [0.4, 0.5) is 4.39 Å². The lowest BCUT2D eigenvalue weighted by Gasteiger charge is -2.25. The van der Waals surface area contributed by atoms with Crippen LogP contribution in [0.1, 0.15) is 9.67 Å². The predicted molar refractivity (Wildman–Crippen MR) is 76.5 cm³/mol. The highest BCUT2D eigenvalue weighted by atomic mass is 32.1. The van der Waals surface area contributed by atoms with Crippen molar-refractivity contribution >= 4 is 27.3 Å². The molecule has 0 radical (unpaired) electrons. The molecule has 3 rings (SSSR count). The maximum atomic E-state index is 13.2. The lowest BCUT2D eigenvalue weighted by molar-refractivity contribution is 0.0585. The zero-order valence-electron chi connectivity index (χ0n) is 11.0. The number of aliphatic hydroxyl groups is 1. The summed E-state index contributed by atoms with van der Waals surface area (Å²) in [5, 5.41) is 13.7. The Kier molecular flexibility index (Phi) is 3.45. The molecule has 0 aliphatic carbocycles. The molecule has 0 unspecified atom stereocenters. The summed E-state index contributed by atoms with van der Waals surface area (Å²) < 4.78 is 13.9. The van der Waals surface area contributed by atoms with Gasteiger partial charge in [0.25, 0.3) is 5.91 Å². The van der Waals surface area contributed by atoms with Gasteiger partial charge in [-0.2, -0.15) is 0 Å². The van der Waals surface area contributed by atoms with E-state index in [4.69, 9.17) is 0 Å². The quantitative estimate of drug-likeness (QED) is 0.881. The van der Waals surface area contributed by atoms with Crippen LogP contribution in [0.5, 0.6) is 0 Å². The van der Waals surface area contributed by atoms with Gasteiger partial charge in [-0.1, -0.05) is 6.07 Å². The molecule has 0 spiro atoms. The summed E-state index contributed by atoms with van der Waals surface area (Å²) in [7, 11) is 1.69. The van der Waals surface area contributed by atoms with Crippen LogP contribution >= 0.6 is 11.3 Å². The van der Waals surface area contributed by atoms with Crippen molar-refractivity contribution in [2.75, 3.05) is 20.1 Å². The number of hydrogen-bond acceptors (Lipinski definition) is 4. The normalized spacial score (nSPS) is 22.4. The standard InChI is InChI=1S/C14H15FN2O2S/c1-17(10-6-16-7-11(10)18)14(19)13-4-8-2-3-9(15)5-12(8)20-13/h2-5,10-11,16,18H,6-7H2,1H3/t10-,11-/m0/s1. The summed E-state index contributed by atoms with van der Waals surface area (Å²) in [6, 6.07) is 6.04. The Labute approximate surface area is 119 Å². The zero-order chi connectivity index (χ0) is 14.3. The third-order valence-electron chi connectivity index (χ3n) is 3.66. The third kappa shape index (κ3) is 2.30. The first-order valence-electron chi connectivity index (χ1n) is 6.41. The van der Waals surface area contributed by atoms with Crippen molar-refractivity contribution in [1.82, 2.24) is 10.2 Å². The highest BCUT2D eigenvalue weighted by Crippen LogP contribution is 2.27. The molecule has 1 aliphatic heterocycles. The van der Waals surface area contributed by atoms with Gasteiger partial charge in [-0.25, -0.2) is 4.39 Å². The molecule has 2 N–H and O–H groups in total. The highest BCUT2D eigenvalue weighted by Gasteiger charge is 2.32. The fraction of sp³-hybridized carbons (Fsp3) is 0.357. The molecular weight excluding hydrogens is 279 g/mol. The number of aliphatic hydroxyl groups excluding tert-OH is 1. The van der Waals surface area contributed by atoms with Crippen molar-refractivity contribution in [2.45, 2.75) is 12.1 Å². The van der Waals surface area contributed by atoms with Gasteiger partial charge in [-0.3, -0.25) is 4.79 Å². The van der Waals surface area contributed by atoms with E-state index < -0.39 is 6.10 Å². The number of halogens is 1. The van der Waals surface area contributed by atoms with E-state index in [0.717, 1.165) is 10.1 Å². The fourth-order valence-corrected chi connectivity index (χ4v) is 3.55. The Balaban J connectivity index is 1.88. The van der Waals surface area contributed by atoms with Crippen LogP contribution in [0.15, 0.2) is 24.3 Å². The van der Waals surface area contributed by atoms with Crippen molar-refractivity contribution in [3.8, 4) is 0 Å². The van der Waals surface area contributed by atoms with E-state index in [1.54, 1.807) is 24.1 Å². The minimum Gasteiger partial charge on any atom is -0.390 e. The van der Waals surface area contributed by atoms with Crippen LogP contribution in [-0.2, 0) is 0 Å². The van der Waals surface area contributed by atoms with E-state index in [0.29, 0.717) is 18.0 Å². The van der Waals surface area contributed by atoms with Crippen LogP contribution in [0.25, 0.3) is 10.1 Å². The van der Waals surface area contributed by atoms with Crippen molar-refractivity contribution in [3.63, 3.8) is 0 Å². The van der Waals surface area contributed by atoms with Crippen molar-refractivity contribution < 1.29 is 14.3 Å². The molecule has 106 valence electrons. The van der Waals surface area contributed by atoms with E-state index in [1.165, 1.54) is 23.5 Å². The van der Waals surface area contributed by atoms with Crippen LogP contribution in [0.2, 0.25) is 0 Å². The van der Waals surface area contributed by atoms with Gasteiger partial charge in [0.2, 0.25) is 0 Å². The Morgan fingerprint density at radius 2 is 2.25 bits per heavy atom. The molecule has 1 aliphatic rings. The van der Waals surface area contributed by atoms with Crippen molar-refractivity contribution in [2.24, 2.45) is 0 Å². The largest absolute Gasteiger partial charge is 0.390 e. The van der Waals surface area contributed by atoms with Crippen LogP contribution < -0.4 is 5.32 Å². The third-order valence-corrected chi connectivity index (χ3v) is 4.75. The predicted octanol–water partition coefficient (Wildman–Crippen LogP) is 1.45. The van der Waals surface area contributed by atoms with Gasteiger partial charge < -0.3 is 15.3 Å². The van der Waals surface area contributed by atoms with E-state index >= 15 is 0 Å². The van der Waals surface area contributed by atoms with Gasteiger partial charge in [0.05, 0.1) is 17.0 Å². The molecule has 2 atom stereocenters. The van der Waals surface area contributed by atoms with E-state index in [-0.39, 0.29) is 17.8 Å². The van der Waals surface area contributed by atoms with Crippen molar-refractivity contribution in [1.29, 1.82) is 0 Å². The number of hydrogen-bond donors (Lipinski definition) is 2. The summed E-state index contributed by atoms with van der Waals surface area (Å²) in [5.41, 5.74) is 0. The first-order valence-corrected chi connectivity index (χ1v) is 7.23. The van der Waals surface area contributed by atoms with E-state index in [9.17, 15) is 14.3 Å². The molecule has 0 bridgehead atoms. The fourth-order valence-electron chi connectivity index (χ4n) is 2.48. The summed E-state index contributed by atoms with van der Waals surface area (Å²) >= 11 is 1.27. The van der Waals surface area contributed by atoms with Gasteiger partial charge in [-0.05, 0) is 23.6 Å². The van der Waals surface area contributed by atoms with Gasteiger partial charge in [-0.15, -0.1) is 11.3 Å². The summed E-state index contributed by atoms with van der Waals surface area (Å²) in [6.07, 6.45) is -0.546. The number of rotatable bonds is 2. The molecule has 1 amide bonds. The maximum Gasteiger partial charge on any atom is 0.264 e. The molecule has 1 aromatic heterocycles. The Bertz CT molecular complexity index is 658. The average Bonchev–Trinajstić information content (AvgIpc) is 3.02. The molecule has 6 heteroatoms. The molecule has 4 nitrogen and oxygen atoms in total. The molecular formula is C14H15FN2O2S. The second-order valence-electron chi connectivity index (χ2n) is 5.00. The zero-order valence-corrected chi connectivity index (χ0v) is 11.8. The molecule has 1 aromatic carbocycles. The number of thiophene rings is 1. The molecule has 20 heavy (non-hydrogen) atoms. The van der Waals surface area contributed by atoms with Crippen LogP contribution in [-0.4, -0.2) is 48.2 Å². The first kappa shape index (κ1) is 13.5. The summed E-state index contributed by atoms with van der Waals surface area (Å²) in [5.74, 6) is -0.443. The number of nitrogens with zero attached hydrogens (tertiary/aromatic N) is 1. The lowest BCUT2D eigenvalue weighted by Crippen LogP contribution is -2.44. The van der Waals surface area contributed by atoms with E-state index in [1.807, 2.05) is 0 Å². The van der Waals surface area contributed by atoms with Gasteiger partial charge in [0, 0.05) is 24.8 Å².